The van der Waals surface area contributed by atoms with Crippen LogP contribution in [0.5, 0.6) is 0 Å². The average Bonchev–Trinajstić information content (AvgIpc) is 3.39. The van der Waals surface area contributed by atoms with Crippen LogP contribution in [0.1, 0.15) is 5.69 Å². The molecule has 0 bridgehead atoms. The highest BCUT2D eigenvalue weighted by Crippen LogP contribution is 2.26. The van der Waals surface area contributed by atoms with Crippen molar-refractivity contribution < 1.29 is 17.5 Å². The van der Waals surface area contributed by atoms with Crippen molar-refractivity contribution in [1.29, 1.82) is 0 Å². The molecule has 180 valence electrons. The maximum Gasteiger partial charge on any atom is 0.243 e. The van der Waals surface area contributed by atoms with Crippen LogP contribution in [0.2, 0.25) is 0 Å². The maximum atomic E-state index is 14.2. The van der Waals surface area contributed by atoms with Gasteiger partial charge in [-0.1, -0.05) is 0 Å². The van der Waals surface area contributed by atoms with Gasteiger partial charge in [-0.25, -0.2) is 17.8 Å². The fourth-order valence-electron chi connectivity index (χ4n) is 4.02. The Morgan fingerprint density at radius 1 is 1.00 bits per heavy atom. The fourth-order valence-corrected chi connectivity index (χ4v) is 5.47. The highest BCUT2D eigenvalue weighted by Gasteiger charge is 2.30. The Bertz CT molecular complexity index is 1260. The highest BCUT2D eigenvalue weighted by atomic mass is 32.2. The fraction of sp³-hybridized carbons (Fsp3) is 0.450. The van der Waals surface area contributed by atoms with Gasteiger partial charge in [0.15, 0.2) is 0 Å². The summed E-state index contributed by atoms with van der Waals surface area (Å²) in [5, 5.41) is 13.1. The summed E-state index contributed by atoms with van der Waals surface area (Å²) in [5.74, 6) is 0.797. The molecule has 1 N–H and O–H groups in total. The monoisotopic (exact) mass is 489 g/mol. The molecule has 2 aliphatic rings. The zero-order chi connectivity index (χ0) is 23.7. The molecule has 34 heavy (non-hydrogen) atoms. The summed E-state index contributed by atoms with van der Waals surface area (Å²) in [5.41, 5.74) is 0.819. The van der Waals surface area contributed by atoms with E-state index in [0.717, 1.165) is 30.7 Å². The van der Waals surface area contributed by atoms with E-state index in [-0.39, 0.29) is 29.4 Å². The van der Waals surface area contributed by atoms with Gasteiger partial charge >= 0.3 is 0 Å². The number of piperazine rings is 1. The molecular weight excluding hydrogens is 465 g/mol. The molecule has 2 saturated heterocycles. The van der Waals surface area contributed by atoms with Gasteiger partial charge in [0, 0.05) is 51.0 Å². The van der Waals surface area contributed by atoms with Crippen LogP contribution in [0.4, 0.5) is 16.2 Å². The number of tetrazole rings is 1. The SMILES string of the molecule is Cc1cc(N2CCOCC2)nc(N2CCN(S(=O)(=O)c3ccc(F)c(-c4nn[nH]n4)c3)CC2)n1. The van der Waals surface area contributed by atoms with Gasteiger partial charge in [0.2, 0.25) is 21.8 Å². The number of anilines is 2. The molecule has 12 nitrogen and oxygen atoms in total. The Morgan fingerprint density at radius 3 is 2.47 bits per heavy atom. The molecule has 3 aromatic rings. The average molecular weight is 490 g/mol. The predicted molar refractivity (Wildman–Crippen MR) is 120 cm³/mol. The van der Waals surface area contributed by atoms with Gasteiger partial charge < -0.3 is 14.5 Å². The molecule has 0 amide bonds. The number of aryl methyl sites for hydroxylation is 1. The van der Waals surface area contributed by atoms with Crippen LogP contribution in [-0.2, 0) is 14.8 Å². The molecule has 4 heterocycles. The Labute approximate surface area is 195 Å². The number of ether oxygens (including phenoxy) is 1. The van der Waals surface area contributed by atoms with Crippen LogP contribution in [0, 0.1) is 12.7 Å². The van der Waals surface area contributed by atoms with E-state index in [1.807, 2.05) is 17.9 Å². The summed E-state index contributed by atoms with van der Waals surface area (Å²) in [4.78, 5) is 13.4. The zero-order valence-electron chi connectivity index (χ0n) is 18.6. The second kappa shape index (κ2) is 9.19. The molecule has 2 fully saturated rings. The van der Waals surface area contributed by atoms with E-state index in [1.54, 1.807) is 0 Å². The maximum absolute atomic E-state index is 14.2. The lowest BCUT2D eigenvalue weighted by Crippen LogP contribution is -2.49. The summed E-state index contributed by atoms with van der Waals surface area (Å²) < 4.78 is 47.5. The van der Waals surface area contributed by atoms with E-state index in [9.17, 15) is 12.8 Å². The summed E-state index contributed by atoms with van der Waals surface area (Å²) in [6.45, 7) is 6.15. The summed E-state index contributed by atoms with van der Waals surface area (Å²) >= 11 is 0. The zero-order valence-corrected chi connectivity index (χ0v) is 19.4. The van der Waals surface area contributed by atoms with E-state index in [1.165, 1.54) is 16.4 Å². The van der Waals surface area contributed by atoms with Crippen molar-refractivity contribution in [2.45, 2.75) is 11.8 Å². The molecule has 0 saturated carbocycles. The first-order valence-corrected chi connectivity index (χ1v) is 12.3. The lowest BCUT2D eigenvalue weighted by atomic mass is 10.2. The number of aromatic amines is 1. The third-order valence-electron chi connectivity index (χ3n) is 5.85. The Hall–Kier alpha value is -3.23. The number of rotatable bonds is 5. The number of hydrogen-bond donors (Lipinski definition) is 1. The number of aromatic nitrogens is 6. The van der Waals surface area contributed by atoms with Crippen molar-refractivity contribution in [2.75, 3.05) is 62.3 Å². The van der Waals surface area contributed by atoms with Gasteiger partial charge in [-0.15, -0.1) is 10.2 Å². The molecule has 2 aliphatic heterocycles. The van der Waals surface area contributed by atoms with Crippen molar-refractivity contribution in [1.82, 2.24) is 34.9 Å². The molecule has 0 spiro atoms. The normalized spacial score (nSPS) is 17.8. The standard InChI is InChI=1S/C20H24FN9O3S/c1-14-12-18(28-8-10-33-11-9-28)23-20(22-14)29-4-6-30(7-5-29)34(31,32)15-2-3-17(21)16(13-15)19-24-26-27-25-19/h2-3,12-13H,4-11H2,1H3,(H,24,25,26,27). The molecule has 0 radical (unpaired) electrons. The van der Waals surface area contributed by atoms with Crippen molar-refractivity contribution >= 4 is 21.8 Å². The van der Waals surface area contributed by atoms with E-state index < -0.39 is 15.8 Å². The molecule has 1 aromatic carbocycles. The van der Waals surface area contributed by atoms with Crippen molar-refractivity contribution in [3.63, 3.8) is 0 Å². The number of morpholine rings is 1. The number of halogens is 1. The molecule has 5 rings (SSSR count). The lowest BCUT2D eigenvalue weighted by molar-refractivity contribution is 0.122. The Morgan fingerprint density at radius 2 is 1.76 bits per heavy atom. The molecule has 2 aromatic heterocycles. The Kier molecular flexibility index (Phi) is 6.10. The lowest BCUT2D eigenvalue weighted by Gasteiger charge is -2.35. The third kappa shape index (κ3) is 4.43. The van der Waals surface area contributed by atoms with Crippen molar-refractivity contribution in [3.05, 3.63) is 35.8 Å². The van der Waals surface area contributed by atoms with E-state index in [0.29, 0.717) is 32.3 Å². The largest absolute Gasteiger partial charge is 0.378 e. The van der Waals surface area contributed by atoms with Gasteiger partial charge in [-0.2, -0.15) is 14.5 Å². The number of nitrogens with zero attached hydrogens (tertiary/aromatic N) is 8. The second-order valence-corrected chi connectivity index (χ2v) is 9.97. The van der Waals surface area contributed by atoms with Gasteiger partial charge in [0.05, 0.1) is 23.7 Å². The van der Waals surface area contributed by atoms with Crippen LogP contribution < -0.4 is 9.80 Å². The first kappa shape index (κ1) is 22.6. The number of benzene rings is 1. The summed E-state index contributed by atoms with van der Waals surface area (Å²) in [7, 11) is -3.84. The van der Waals surface area contributed by atoms with Gasteiger partial charge in [0.25, 0.3) is 0 Å². The number of hydrogen-bond acceptors (Lipinski definition) is 10. The Balaban J connectivity index is 1.32. The van der Waals surface area contributed by atoms with Gasteiger partial charge in [0.1, 0.15) is 11.6 Å². The summed E-state index contributed by atoms with van der Waals surface area (Å²) in [6, 6.07) is 5.53. The topological polar surface area (TPSA) is 133 Å². The molecule has 0 atom stereocenters. The number of nitrogens with one attached hydrogen (secondary N) is 1. The van der Waals surface area contributed by atoms with E-state index in [2.05, 4.69) is 30.5 Å². The molecule has 0 aliphatic carbocycles. The molecular formula is C20H24FN9O3S. The first-order chi connectivity index (χ1) is 16.4. The minimum Gasteiger partial charge on any atom is -0.378 e. The molecule has 14 heteroatoms. The predicted octanol–water partition coefficient (Wildman–Crippen LogP) is 0.452. The minimum absolute atomic E-state index is 0.00737. The highest BCUT2D eigenvalue weighted by molar-refractivity contribution is 7.89. The van der Waals surface area contributed by atoms with Crippen molar-refractivity contribution in [2.24, 2.45) is 0 Å². The van der Waals surface area contributed by atoms with Crippen molar-refractivity contribution in [3.8, 4) is 11.4 Å². The molecule has 0 unspecified atom stereocenters. The minimum atomic E-state index is -3.84. The number of sulfonamides is 1. The van der Waals surface area contributed by atoms with Crippen LogP contribution in [0.25, 0.3) is 11.4 Å². The van der Waals surface area contributed by atoms with Gasteiger partial charge in [-0.05, 0) is 30.3 Å². The van der Waals surface area contributed by atoms with E-state index >= 15 is 0 Å². The van der Waals surface area contributed by atoms with Gasteiger partial charge in [-0.3, -0.25) is 0 Å². The van der Waals surface area contributed by atoms with Crippen LogP contribution in [0.3, 0.4) is 0 Å². The smallest absolute Gasteiger partial charge is 0.243 e. The van der Waals surface area contributed by atoms with E-state index in [4.69, 9.17) is 9.72 Å². The summed E-state index contributed by atoms with van der Waals surface area (Å²) in [6.07, 6.45) is 0. The quantitative estimate of drug-likeness (QED) is 0.538. The second-order valence-electron chi connectivity index (χ2n) is 8.04. The first-order valence-electron chi connectivity index (χ1n) is 10.9. The number of H-pyrrole nitrogens is 1. The van der Waals surface area contributed by atoms with Crippen LogP contribution in [-0.4, -0.2) is 95.8 Å². The third-order valence-corrected chi connectivity index (χ3v) is 7.74. The van der Waals surface area contributed by atoms with Crippen LogP contribution >= 0.6 is 0 Å². The van der Waals surface area contributed by atoms with Crippen LogP contribution in [0.15, 0.2) is 29.2 Å².